The fraction of sp³-hybridized carbons (Fsp3) is 0.417. The zero-order valence-electron chi connectivity index (χ0n) is 11.1. The summed E-state index contributed by atoms with van der Waals surface area (Å²) in [6.45, 7) is 2.67. The van der Waals surface area contributed by atoms with Crippen molar-refractivity contribution in [2.45, 2.75) is 18.2 Å². The SMILES string of the molecule is CCCOCCOC(=O)c1cc(F)c(Br)c(S(=O)(=O)Cl)c1. The van der Waals surface area contributed by atoms with Crippen LogP contribution in [-0.4, -0.2) is 34.2 Å². The lowest BCUT2D eigenvalue weighted by Crippen LogP contribution is -2.12. The van der Waals surface area contributed by atoms with Crippen LogP contribution in [0.1, 0.15) is 23.7 Å². The second-order valence-electron chi connectivity index (χ2n) is 3.96. The first-order valence-electron chi connectivity index (χ1n) is 5.96. The minimum atomic E-state index is -4.19. The van der Waals surface area contributed by atoms with Gasteiger partial charge in [0.25, 0.3) is 9.05 Å². The second kappa shape index (κ2) is 8.07. The number of hydrogen-bond acceptors (Lipinski definition) is 5. The molecule has 21 heavy (non-hydrogen) atoms. The van der Waals surface area contributed by atoms with E-state index in [2.05, 4.69) is 15.9 Å². The van der Waals surface area contributed by atoms with E-state index in [0.29, 0.717) is 6.61 Å². The van der Waals surface area contributed by atoms with E-state index >= 15 is 0 Å². The highest BCUT2D eigenvalue weighted by molar-refractivity contribution is 9.10. The first-order valence-corrected chi connectivity index (χ1v) is 9.06. The fourth-order valence-electron chi connectivity index (χ4n) is 1.38. The van der Waals surface area contributed by atoms with Crippen LogP contribution in [0.15, 0.2) is 21.5 Å². The molecule has 0 amide bonds. The molecule has 0 aliphatic carbocycles. The van der Waals surface area contributed by atoms with E-state index in [1.165, 1.54) is 0 Å². The summed E-state index contributed by atoms with van der Waals surface area (Å²) in [6.07, 6.45) is 0.836. The Morgan fingerprint density at radius 3 is 2.57 bits per heavy atom. The minimum Gasteiger partial charge on any atom is -0.460 e. The number of ether oxygens (including phenoxy) is 2. The van der Waals surface area contributed by atoms with E-state index in [9.17, 15) is 17.6 Å². The van der Waals surface area contributed by atoms with E-state index in [0.717, 1.165) is 18.6 Å². The number of esters is 1. The van der Waals surface area contributed by atoms with Gasteiger partial charge in [0.2, 0.25) is 0 Å². The van der Waals surface area contributed by atoms with Crippen LogP contribution in [0.5, 0.6) is 0 Å². The monoisotopic (exact) mass is 402 g/mol. The van der Waals surface area contributed by atoms with Gasteiger partial charge in [-0.1, -0.05) is 6.92 Å². The Morgan fingerprint density at radius 1 is 1.33 bits per heavy atom. The summed E-state index contributed by atoms with van der Waals surface area (Å²) >= 11 is 2.77. The molecule has 0 aromatic heterocycles. The maximum Gasteiger partial charge on any atom is 0.338 e. The van der Waals surface area contributed by atoms with Crippen LogP contribution in [0.2, 0.25) is 0 Å². The Hall–Kier alpha value is -0.700. The third-order valence-electron chi connectivity index (χ3n) is 2.30. The Kier molecular flexibility index (Phi) is 7.05. The highest BCUT2D eigenvalue weighted by Gasteiger charge is 2.21. The van der Waals surface area contributed by atoms with Crippen molar-refractivity contribution < 1.29 is 27.1 Å². The van der Waals surface area contributed by atoms with Crippen molar-refractivity contribution in [1.29, 1.82) is 0 Å². The second-order valence-corrected chi connectivity index (χ2v) is 7.28. The molecule has 0 radical (unpaired) electrons. The number of carbonyl (C=O) groups excluding carboxylic acids is 1. The molecule has 0 unspecified atom stereocenters. The molecule has 5 nitrogen and oxygen atoms in total. The third kappa shape index (κ3) is 5.54. The molecule has 0 bridgehead atoms. The van der Waals surface area contributed by atoms with Crippen molar-refractivity contribution in [3.63, 3.8) is 0 Å². The molecule has 0 saturated heterocycles. The van der Waals surface area contributed by atoms with Gasteiger partial charge in [-0.05, 0) is 34.5 Å². The molecule has 9 heteroatoms. The standard InChI is InChI=1S/C12H13BrClFO5S/c1-2-3-19-4-5-20-12(16)8-6-9(15)11(13)10(7-8)21(14,17)18/h6-7H,2-5H2,1H3. The molecule has 1 rings (SSSR count). The maximum absolute atomic E-state index is 13.6. The Labute approximate surface area is 134 Å². The molecule has 0 aliphatic rings. The highest BCUT2D eigenvalue weighted by atomic mass is 79.9. The molecule has 0 spiro atoms. The van der Waals surface area contributed by atoms with Crippen molar-refractivity contribution >= 4 is 41.6 Å². The average Bonchev–Trinajstić information content (AvgIpc) is 2.39. The van der Waals surface area contributed by atoms with Crippen molar-refractivity contribution in [3.8, 4) is 0 Å². The predicted octanol–water partition coefficient (Wildman–Crippen LogP) is 3.10. The summed E-state index contributed by atoms with van der Waals surface area (Å²) in [7, 11) is 0.986. The topological polar surface area (TPSA) is 69.7 Å². The zero-order chi connectivity index (χ0) is 16.0. The van der Waals surface area contributed by atoms with E-state index in [-0.39, 0.29) is 23.2 Å². The van der Waals surface area contributed by atoms with Gasteiger partial charge in [-0.15, -0.1) is 0 Å². The van der Waals surface area contributed by atoms with Gasteiger partial charge in [0.05, 0.1) is 16.6 Å². The van der Waals surface area contributed by atoms with Crippen LogP contribution in [0.4, 0.5) is 4.39 Å². The van der Waals surface area contributed by atoms with Gasteiger partial charge >= 0.3 is 5.97 Å². The van der Waals surface area contributed by atoms with E-state index in [4.69, 9.17) is 20.2 Å². The summed E-state index contributed by atoms with van der Waals surface area (Å²) in [5, 5.41) is 0. The minimum absolute atomic E-state index is 0.0144. The van der Waals surface area contributed by atoms with Crippen LogP contribution >= 0.6 is 26.6 Å². The number of hydrogen-bond donors (Lipinski definition) is 0. The van der Waals surface area contributed by atoms with Gasteiger partial charge in [-0.2, -0.15) is 0 Å². The largest absolute Gasteiger partial charge is 0.460 e. The number of benzene rings is 1. The third-order valence-corrected chi connectivity index (χ3v) is 4.72. The van der Waals surface area contributed by atoms with Crippen molar-refractivity contribution in [2.75, 3.05) is 19.8 Å². The van der Waals surface area contributed by atoms with Crippen LogP contribution in [0, 0.1) is 5.82 Å². The molecule has 0 N–H and O–H groups in total. The van der Waals surface area contributed by atoms with E-state index in [1.54, 1.807) is 0 Å². The fourth-order valence-corrected chi connectivity index (χ4v) is 3.47. The molecular formula is C12H13BrClFO5S. The van der Waals surface area contributed by atoms with Gasteiger partial charge in [-0.3, -0.25) is 0 Å². The van der Waals surface area contributed by atoms with Crippen molar-refractivity contribution in [2.24, 2.45) is 0 Å². The Bertz CT molecular complexity index is 620. The summed E-state index contributed by atoms with van der Waals surface area (Å²) in [6, 6.07) is 1.82. The molecule has 0 fully saturated rings. The van der Waals surface area contributed by atoms with Gasteiger partial charge in [0.15, 0.2) is 0 Å². The Balaban J connectivity index is 2.84. The van der Waals surface area contributed by atoms with Gasteiger partial charge < -0.3 is 9.47 Å². The maximum atomic E-state index is 13.6. The molecule has 1 aromatic carbocycles. The molecule has 0 saturated carbocycles. The zero-order valence-corrected chi connectivity index (χ0v) is 14.2. The van der Waals surface area contributed by atoms with E-state index < -0.39 is 25.7 Å². The number of rotatable bonds is 7. The lowest BCUT2D eigenvalue weighted by atomic mass is 10.2. The van der Waals surface area contributed by atoms with Crippen molar-refractivity contribution in [3.05, 3.63) is 28.0 Å². The molecule has 1 aromatic rings. The predicted molar refractivity (Wildman–Crippen MR) is 78.5 cm³/mol. The van der Waals surface area contributed by atoms with Crippen LogP contribution in [0.25, 0.3) is 0 Å². The molecular weight excluding hydrogens is 391 g/mol. The molecule has 0 atom stereocenters. The van der Waals surface area contributed by atoms with Gasteiger partial charge in [-0.25, -0.2) is 17.6 Å². The normalized spacial score (nSPS) is 11.4. The molecule has 0 aliphatic heterocycles. The summed E-state index contributed by atoms with van der Waals surface area (Å²) in [5.41, 5.74) is -0.245. The number of carbonyl (C=O) groups is 1. The smallest absolute Gasteiger partial charge is 0.338 e. The quantitative estimate of drug-likeness (QED) is 0.397. The van der Waals surface area contributed by atoms with E-state index in [1.807, 2.05) is 6.92 Å². The van der Waals surface area contributed by atoms with Crippen molar-refractivity contribution in [1.82, 2.24) is 0 Å². The van der Waals surface area contributed by atoms with Gasteiger partial charge in [0, 0.05) is 17.3 Å². The van der Waals surface area contributed by atoms with Crippen LogP contribution < -0.4 is 0 Å². The van der Waals surface area contributed by atoms with Crippen LogP contribution in [-0.2, 0) is 18.5 Å². The molecule has 118 valence electrons. The molecule has 0 heterocycles. The average molecular weight is 404 g/mol. The highest BCUT2D eigenvalue weighted by Crippen LogP contribution is 2.29. The Morgan fingerprint density at radius 2 is 2.00 bits per heavy atom. The lowest BCUT2D eigenvalue weighted by Gasteiger charge is -2.08. The van der Waals surface area contributed by atoms with Gasteiger partial charge in [0.1, 0.15) is 17.3 Å². The summed E-state index contributed by atoms with van der Waals surface area (Å²) < 4.78 is 45.9. The first kappa shape index (κ1) is 18.3. The summed E-state index contributed by atoms with van der Waals surface area (Å²) in [4.78, 5) is 11.2. The lowest BCUT2D eigenvalue weighted by molar-refractivity contribution is 0.0318. The summed E-state index contributed by atoms with van der Waals surface area (Å²) in [5.74, 6) is -1.78. The number of halogens is 3. The van der Waals surface area contributed by atoms with Crippen LogP contribution in [0.3, 0.4) is 0 Å². The first-order chi connectivity index (χ1) is 9.77.